The van der Waals surface area contributed by atoms with E-state index in [4.69, 9.17) is 0 Å². The van der Waals surface area contributed by atoms with Gasteiger partial charge in [0.15, 0.2) is 0 Å². The molecular formula is C16H16BNO2S. The molecule has 106 valence electrons. The van der Waals surface area contributed by atoms with Gasteiger partial charge in [-0.3, -0.25) is 0 Å². The Hall–Kier alpha value is -2.01. The van der Waals surface area contributed by atoms with Crippen molar-refractivity contribution in [1.29, 1.82) is 0 Å². The number of carboxylic acid groups (broad SMARTS) is 1. The second-order valence-corrected chi connectivity index (χ2v) is 6.87. The van der Waals surface area contributed by atoms with Gasteiger partial charge in [0.25, 0.3) is 0 Å². The van der Waals surface area contributed by atoms with Crippen molar-refractivity contribution >= 4 is 56.5 Å². The standard InChI is InChI=1S/C16H16BNO2S/c1-16(2,15(19)20)18-9-6-7-13-11(8-9)10-4-3-5-12(17)14(10)21-13/h3-8,18H,17H2,1-2H3,(H,19,20). The van der Waals surface area contributed by atoms with Gasteiger partial charge in [0.1, 0.15) is 13.4 Å². The van der Waals surface area contributed by atoms with Gasteiger partial charge in [0.2, 0.25) is 0 Å². The number of fused-ring (bicyclic) bond motifs is 3. The van der Waals surface area contributed by atoms with E-state index in [9.17, 15) is 9.90 Å². The zero-order valence-electron chi connectivity index (χ0n) is 12.2. The molecule has 0 unspecified atom stereocenters. The maximum Gasteiger partial charge on any atom is 0.328 e. The third-order valence-electron chi connectivity index (χ3n) is 3.69. The van der Waals surface area contributed by atoms with E-state index in [0.717, 1.165) is 5.69 Å². The molecule has 3 nitrogen and oxygen atoms in total. The number of carbonyl (C=O) groups is 1. The van der Waals surface area contributed by atoms with Crippen LogP contribution in [0.1, 0.15) is 13.8 Å². The Morgan fingerprint density at radius 3 is 2.71 bits per heavy atom. The van der Waals surface area contributed by atoms with Gasteiger partial charge >= 0.3 is 5.97 Å². The summed E-state index contributed by atoms with van der Waals surface area (Å²) >= 11 is 1.78. The first kappa shape index (κ1) is 14.0. The number of aliphatic carboxylic acids is 1. The van der Waals surface area contributed by atoms with Crippen molar-refractivity contribution in [3.63, 3.8) is 0 Å². The van der Waals surface area contributed by atoms with Crippen molar-refractivity contribution in [2.24, 2.45) is 0 Å². The number of thiophene rings is 1. The molecule has 5 heteroatoms. The van der Waals surface area contributed by atoms with Crippen molar-refractivity contribution in [2.45, 2.75) is 19.4 Å². The van der Waals surface area contributed by atoms with E-state index in [1.165, 1.54) is 25.6 Å². The van der Waals surface area contributed by atoms with Crippen LogP contribution < -0.4 is 10.8 Å². The topological polar surface area (TPSA) is 49.3 Å². The number of benzene rings is 2. The van der Waals surface area contributed by atoms with Crippen molar-refractivity contribution in [3.05, 3.63) is 36.4 Å². The molecule has 2 N–H and O–H groups in total. The molecule has 1 heterocycles. The van der Waals surface area contributed by atoms with Gasteiger partial charge in [0, 0.05) is 20.5 Å². The Kier molecular flexibility index (Phi) is 3.17. The Bertz CT molecular complexity index is 854. The summed E-state index contributed by atoms with van der Waals surface area (Å²) in [7, 11) is 2.12. The molecule has 0 radical (unpaired) electrons. The molecule has 0 spiro atoms. The molecular weight excluding hydrogens is 281 g/mol. The van der Waals surface area contributed by atoms with E-state index in [1.54, 1.807) is 25.2 Å². The Labute approximate surface area is 128 Å². The van der Waals surface area contributed by atoms with E-state index in [-0.39, 0.29) is 0 Å². The lowest BCUT2D eigenvalue weighted by atomic mass is 9.94. The van der Waals surface area contributed by atoms with Crippen molar-refractivity contribution in [2.75, 3.05) is 5.32 Å². The van der Waals surface area contributed by atoms with Gasteiger partial charge in [0.05, 0.1) is 0 Å². The molecule has 0 amide bonds. The van der Waals surface area contributed by atoms with Gasteiger partial charge in [-0.2, -0.15) is 0 Å². The first-order chi connectivity index (χ1) is 9.88. The fourth-order valence-electron chi connectivity index (χ4n) is 2.43. The summed E-state index contributed by atoms with van der Waals surface area (Å²) in [6.07, 6.45) is 0. The number of hydrogen-bond acceptors (Lipinski definition) is 3. The number of anilines is 1. The molecule has 0 fully saturated rings. The van der Waals surface area contributed by atoms with Crippen LogP contribution in [0.4, 0.5) is 5.69 Å². The zero-order valence-corrected chi connectivity index (χ0v) is 13.0. The maximum atomic E-state index is 11.2. The smallest absolute Gasteiger partial charge is 0.328 e. The molecule has 0 aliphatic heterocycles. The van der Waals surface area contributed by atoms with Crippen molar-refractivity contribution < 1.29 is 9.90 Å². The van der Waals surface area contributed by atoms with Crippen LogP contribution in [0.25, 0.3) is 20.2 Å². The zero-order chi connectivity index (χ0) is 15.2. The first-order valence-corrected chi connectivity index (χ1v) is 7.63. The predicted molar refractivity (Wildman–Crippen MR) is 92.8 cm³/mol. The number of carboxylic acids is 1. The molecule has 0 saturated heterocycles. The van der Waals surface area contributed by atoms with E-state index in [0.29, 0.717) is 0 Å². The lowest BCUT2D eigenvalue weighted by Gasteiger charge is -2.22. The van der Waals surface area contributed by atoms with Gasteiger partial charge in [-0.1, -0.05) is 23.7 Å². The molecule has 2 aromatic carbocycles. The largest absolute Gasteiger partial charge is 0.480 e. The highest BCUT2D eigenvalue weighted by Gasteiger charge is 2.26. The fourth-order valence-corrected chi connectivity index (χ4v) is 3.58. The summed E-state index contributed by atoms with van der Waals surface area (Å²) in [5, 5.41) is 14.7. The summed E-state index contributed by atoms with van der Waals surface area (Å²) in [5.74, 6) is -0.867. The Balaban J connectivity index is 2.14. The van der Waals surface area contributed by atoms with Crippen LogP contribution in [-0.2, 0) is 4.79 Å². The average Bonchev–Trinajstić information content (AvgIpc) is 2.78. The van der Waals surface area contributed by atoms with Crippen LogP contribution in [0.5, 0.6) is 0 Å². The summed E-state index contributed by atoms with van der Waals surface area (Å²) < 4.78 is 2.51. The Morgan fingerprint density at radius 1 is 1.24 bits per heavy atom. The minimum Gasteiger partial charge on any atom is -0.480 e. The molecule has 1 aromatic heterocycles. The van der Waals surface area contributed by atoms with Gasteiger partial charge in [-0.05, 0) is 37.4 Å². The van der Waals surface area contributed by atoms with Crippen LogP contribution in [0.2, 0.25) is 0 Å². The SMILES string of the molecule is Bc1cccc2c1sc1ccc(NC(C)(C)C(=O)O)cc12. The molecule has 0 aliphatic rings. The normalized spacial score (nSPS) is 11.9. The highest BCUT2D eigenvalue weighted by atomic mass is 32.1. The molecule has 0 saturated carbocycles. The van der Waals surface area contributed by atoms with Gasteiger partial charge < -0.3 is 10.4 Å². The Morgan fingerprint density at radius 2 is 2.00 bits per heavy atom. The molecule has 21 heavy (non-hydrogen) atoms. The highest BCUT2D eigenvalue weighted by molar-refractivity contribution is 7.26. The summed E-state index contributed by atoms with van der Waals surface area (Å²) in [6.45, 7) is 3.32. The minimum absolute atomic E-state index is 0.830. The monoisotopic (exact) mass is 297 g/mol. The second-order valence-electron chi connectivity index (χ2n) is 5.82. The second kappa shape index (κ2) is 4.77. The summed E-state index contributed by atoms with van der Waals surface area (Å²) in [5.41, 5.74) is 1.11. The van der Waals surface area contributed by atoms with Crippen LogP contribution >= 0.6 is 11.3 Å². The third kappa shape index (κ3) is 2.38. The van der Waals surface area contributed by atoms with E-state index in [1.807, 2.05) is 12.1 Å². The molecule has 3 aromatic rings. The van der Waals surface area contributed by atoms with E-state index in [2.05, 4.69) is 37.4 Å². The lowest BCUT2D eigenvalue weighted by Crippen LogP contribution is -2.39. The van der Waals surface area contributed by atoms with Gasteiger partial charge in [-0.25, -0.2) is 4.79 Å². The summed E-state index contributed by atoms with van der Waals surface area (Å²) in [4.78, 5) is 11.2. The number of rotatable bonds is 3. The molecule has 0 aliphatic carbocycles. The number of nitrogens with one attached hydrogen (secondary N) is 1. The summed E-state index contributed by atoms with van der Waals surface area (Å²) in [6, 6.07) is 12.3. The third-order valence-corrected chi connectivity index (χ3v) is 5.01. The molecule has 0 bridgehead atoms. The maximum absolute atomic E-state index is 11.2. The molecule has 3 rings (SSSR count). The average molecular weight is 297 g/mol. The fraction of sp³-hybridized carbons (Fsp3) is 0.188. The van der Waals surface area contributed by atoms with Crippen LogP contribution in [-0.4, -0.2) is 24.5 Å². The van der Waals surface area contributed by atoms with E-state index < -0.39 is 11.5 Å². The van der Waals surface area contributed by atoms with Crippen LogP contribution in [0.3, 0.4) is 0 Å². The van der Waals surface area contributed by atoms with Crippen molar-refractivity contribution in [3.8, 4) is 0 Å². The quantitative estimate of drug-likeness (QED) is 0.731. The first-order valence-electron chi connectivity index (χ1n) is 6.82. The van der Waals surface area contributed by atoms with E-state index >= 15 is 0 Å². The van der Waals surface area contributed by atoms with Crippen LogP contribution in [0.15, 0.2) is 36.4 Å². The predicted octanol–water partition coefficient (Wildman–Crippen LogP) is 2.59. The number of hydrogen-bond donors (Lipinski definition) is 2. The minimum atomic E-state index is -0.991. The van der Waals surface area contributed by atoms with Gasteiger partial charge in [-0.15, -0.1) is 11.3 Å². The van der Waals surface area contributed by atoms with Crippen molar-refractivity contribution in [1.82, 2.24) is 0 Å². The molecule has 0 atom stereocenters. The van der Waals surface area contributed by atoms with Crippen LogP contribution in [0, 0.1) is 0 Å². The lowest BCUT2D eigenvalue weighted by molar-refractivity contribution is -0.141. The highest BCUT2D eigenvalue weighted by Crippen LogP contribution is 2.34.